The maximum atomic E-state index is 14.5. The van der Waals surface area contributed by atoms with Crippen LogP contribution in [0.15, 0.2) is 118 Å². The lowest BCUT2D eigenvalue weighted by atomic mass is 9.94. The van der Waals surface area contributed by atoms with E-state index in [1.54, 1.807) is 16.6 Å². The maximum absolute atomic E-state index is 14.5. The van der Waals surface area contributed by atoms with Gasteiger partial charge < -0.3 is 14.2 Å². The molecular weight excluding hydrogens is 605 g/mol. The molecule has 2 aromatic heterocycles. The average Bonchev–Trinajstić information content (AvgIpc) is 3.60. The van der Waals surface area contributed by atoms with Crippen LogP contribution in [0.5, 0.6) is 5.75 Å². The summed E-state index contributed by atoms with van der Waals surface area (Å²) < 4.78 is 10.2. The molecule has 0 unspecified atom stereocenters. The van der Waals surface area contributed by atoms with Gasteiger partial charge in [-0.1, -0.05) is 90.2 Å². The monoisotopic (exact) mass is 640 g/mol. The molecule has 0 spiro atoms. The second kappa shape index (κ2) is 12.5. The summed E-state index contributed by atoms with van der Waals surface area (Å²) >= 11 is 1.35. The van der Waals surface area contributed by atoms with Crippen molar-refractivity contribution in [2.24, 2.45) is 4.99 Å². The molecule has 0 aliphatic carbocycles. The number of aromatic nitrogens is 2. The standard InChI is InChI=1S/C39H36N4O3S/c1-5-41(6-2)38(45)35-25(3)40-39-43(36(35)31-19-10-12-21-33(31)46-4)37(44)34(47-39)22-28-24-42(32-20-11-9-18-30(28)32)23-27-16-13-15-26-14-7-8-17-29(26)27/h7-22,24,36H,5-6,23H2,1-4H3/b34-22+/t36-/m1/s1. The molecule has 1 atom stereocenters. The van der Waals surface area contributed by atoms with E-state index >= 15 is 0 Å². The molecule has 1 amide bonds. The molecule has 47 heavy (non-hydrogen) atoms. The Morgan fingerprint density at radius 3 is 2.43 bits per heavy atom. The molecule has 3 heterocycles. The number of benzene rings is 4. The largest absolute Gasteiger partial charge is 0.496 e. The van der Waals surface area contributed by atoms with Crippen LogP contribution in [0.3, 0.4) is 0 Å². The summed E-state index contributed by atoms with van der Waals surface area (Å²) in [7, 11) is 1.61. The van der Waals surface area contributed by atoms with Crippen molar-refractivity contribution in [3.8, 4) is 5.75 Å². The molecular formula is C39H36N4O3S. The van der Waals surface area contributed by atoms with Crippen molar-refractivity contribution in [1.29, 1.82) is 0 Å². The Hall–Kier alpha value is -5.21. The molecule has 4 aromatic carbocycles. The van der Waals surface area contributed by atoms with Crippen LogP contribution in [-0.4, -0.2) is 40.1 Å². The fraction of sp³-hybridized carbons (Fsp3) is 0.205. The van der Waals surface area contributed by atoms with Crippen LogP contribution >= 0.6 is 11.3 Å². The first-order chi connectivity index (χ1) is 22.9. The van der Waals surface area contributed by atoms with Crippen molar-refractivity contribution in [2.75, 3.05) is 20.2 Å². The third-order valence-electron chi connectivity index (χ3n) is 9.06. The summed E-state index contributed by atoms with van der Waals surface area (Å²) in [4.78, 5) is 35.6. The van der Waals surface area contributed by atoms with Gasteiger partial charge in [0, 0.05) is 47.9 Å². The first-order valence-electron chi connectivity index (χ1n) is 15.9. The third-order valence-corrected chi connectivity index (χ3v) is 10.0. The minimum absolute atomic E-state index is 0.127. The summed E-state index contributed by atoms with van der Waals surface area (Å²) in [5.41, 5.74) is 4.94. The van der Waals surface area contributed by atoms with Gasteiger partial charge in [-0.2, -0.15) is 0 Å². The molecule has 0 N–H and O–H groups in total. The normalized spacial score (nSPS) is 14.8. The zero-order chi connectivity index (χ0) is 32.7. The Bertz CT molecular complexity index is 2370. The Balaban J connectivity index is 1.40. The number of allylic oxidation sites excluding steroid dienone is 1. The van der Waals surface area contributed by atoms with Crippen LogP contribution in [0.2, 0.25) is 0 Å². The number of hydrogen-bond acceptors (Lipinski definition) is 5. The van der Waals surface area contributed by atoms with Crippen molar-refractivity contribution in [3.05, 3.63) is 145 Å². The second-order valence-electron chi connectivity index (χ2n) is 11.7. The number of likely N-dealkylation sites (N-methyl/N-ethyl adjacent to an activating group) is 1. The molecule has 236 valence electrons. The zero-order valence-corrected chi connectivity index (χ0v) is 27.8. The lowest BCUT2D eigenvalue weighted by molar-refractivity contribution is -0.127. The molecule has 0 radical (unpaired) electrons. The Kier molecular flexibility index (Phi) is 8.12. The predicted octanol–water partition coefficient (Wildman–Crippen LogP) is 6.27. The Labute approximate surface area is 277 Å². The fourth-order valence-corrected chi connectivity index (χ4v) is 7.78. The quantitative estimate of drug-likeness (QED) is 0.197. The minimum Gasteiger partial charge on any atom is -0.496 e. The van der Waals surface area contributed by atoms with E-state index < -0.39 is 6.04 Å². The van der Waals surface area contributed by atoms with Crippen molar-refractivity contribution >= 4 is 45.0 Å². The number of methoxy groups -OCH3 is 1. The molecule has 6 aromatic rings. The predicted molar refractivity (Wildman–Crippen MR) is 190 cm³/mol. The van der Waals surface area contributed by atoms with Gasteiger partial charge in [0.15, 0.2) is 4.80 Å². The molecule has 7 rings (SSSR count). The average molecular weight is 641 g/mol. The van der Waals surface area contributed by atoms with Gasteiger partial charge in [0.05, 0.1) is 22.9 Å². The minimum atomic E-state index is -0.676. The van der Waals surface area contributed by atoms with E-state index in [0.717, 1.165) is 22.0 Å². The molecule has 7 nitrogen and oxygen atoms in total. The van der Waals surface area contributed by atoms with Crippen LogP contribution in [0.25, 0.3) is 27.8 Å². The number of carbonyl (C=O) groups excluding carboxylic acids is 1. The third kappa shape index (κ3) is 5.28. The van der Waals surface area contributed by atoms with E-state index in [-0.39, 0.29) is 11.5 Å². The molecule has 0 fully saturated rings. The van der Waals surface area contributed by atoms with E-state index in [9.17, 15) is 9.59 Å². The highest BCUT2D eigenvalue weighted by molar-refractivity contribution is 7.07. The van der Waals surface area contributed by atoms with Gasteiger partial charge in [0.25, 0.3) is 11.5 Å². The van der Waals surface area contributed by atoms with Gasteiger partial charge in [0.1, 0.15) is 11.8 Å². The summed E-state index contributed by atoms with van der Waals surface area (Å²) in [6.07, 6.45) is 4.10. The van der Waals surface area contributed by atoms with Gasteiger partial charge in [0.2, 0.25) is 0 Å². The number of fused-ring (bicyclic) bond motifs is 3. The van der Waals surface area contributed by atoms with Crippen molar-refractivity contribution < 1.29 is 9.53 Å². The highest BCUT2D eigenvalue weighted by atomic mass is 32.1. The molecule has 0 bridgehead atoms. The topological polar surface area (TPSA) is 68.8 Å². The highest BCUT2D eigenvalue weighted by Gasteiger charge is 2.35. The van der Waals surface area contributed by atoms with Gasteiger partial charge >= 0.3 is 0 Å². The molecule has 0 saturated carbocycles. The number of thiazole rings is 1. The molecule has 8 heteroatoms. The summed E-state index contributed by atoms with van der Waals surface area (Å²) in [6.45, 7) is 7.58. The van der Waals surface area contributed by atoms with E-state index in [2.05, 4.69) is 65.4 Å². The van der Waals surface area contributed by atoms with E-state index in [1.807, 2.05) is 63.2 Å². The lowest BCUT2D eigenvalue weighted by Gasteiger charge is -2.29. The Morgan fingerprint density at radius 1 is 0.936 bits per heavy atom. The van der Waals surface area contributed by atoms with Crippen LogP contribution in [0.1, 0.15) is 43.5 Å². The number of nitrogens with zero attached hydrogens (tertiary/aromatic N) is 4. The number of carbonyl (C=O) groups is 1. The van der Waals surface area contributed by atoms with Crippen molar-refractivity contribution in [3.63, 3.8) is 0 Å². The summed E-state index contributed by atoms with van der Waals surface area (Å²) in [6, 6.07) is 30.1. The summed E-state index contributed by atoms with van der Waals surface area (Å²) in [5, 5.41) is 3.50. The second-order valence-corrected chi connectivity index (χ2v) is 12.7. The van der Waals surface area contributed by atoms with Crippen LogP contribution in [0, 0.1) is 0 Å². The highest BCUT2D eigenvalue weighted by Crippen LogP contribution is 2.36. The fourth-order valence-electron chi connectivity index (χ4n) is 6.74. The van der Waals surface area contributed by atoms with Gasteiger partial charge in [-0.25, -0.2) is 4.99 Å². The number of hydrogen-bond donors (Lipinski definition) is 0. The van der Waals surface area contributed by atoms with Crippen molar-refractivity contribution in [1.82, 2.24) is 14.0 Å². The number of rotatable bonds is 8. The number of ether oxygens (including phenoxy) is 1. The number of amides is 1. The SMILES string of the molecule is CCN(CC)C(=O)C1=C(C)N=c2s/c(=C/c3cn(Cc4cccc5ccccc45)c4ccccc34)c(=O)n2[C@@H]1c1ccccc1OC. The summed E-state index contributed by atoms with van der Waals surface area (Å²) in [5.74, 6) is 0.487. The molecule has 1 aliphatic heterocycles. The Morgan fingerprint density at radius 2 is 1.64 bits per heavy atom. The molecule has 0 saturated heterocycles. The molecule has 1 aliphatic rings. The van der Waals surface area contributed by atoms with Gasteiger partial charge in [-0.05, 0) is 55.3 Å². The van der Waals surface area contributed by atoms with E-state index in [0.29, 0.717) is 46.0 Å². The lowest BCUT2D eigenvalue weighted by Crippen LogP contribution is -2.43. The maximum Gasteiger partial charge on any atom is 0.271 e. The van der Waals surface area contributed by atoms with Crippen molar-refractivity contribution in [2.45, 2.75) is 33.4 Å². The van der Waals surface area contributed by atoms with Crippen LogP contribution in [0.4, 0.5) is 0 Å². The van der Waals surface area contributed by atoms with E-state index in [1.165, 1.54) is 27.7 Å². The van der Waals surface area contributed by atoms with E-state index in [4.69, 9.17) is 9.73 Å². The smallest absolute Gasteiger partial charge is 0.271 e. The first-order valence-corrected chi connectivity index (χ1v) is 16.7. The number of para-hydroxylation sites is 2. The first kappa shape index (κ1) is 30.4. The van der Waals surface area contributed by atoms with Gasteiger partial charge in [-0.3, -0.25) is 14.2 Å². The zero-order valence-electron chi connectivity index (χ0n) is 26.9. The van der Waals surface area contributed by atoms with Crippen LogP contribution < -0.4 is 19.6 Å². The van der Waals surface area contributed by atoms with Gasteiger partial charge in [-0.15, -0.1) is 0 Å². The van der Waals surface area contributed by atoms with Crippen LogP contribution in [-0.2, 0) is 11.3 Å².